The number of ether oxygens (including phenoxy) is 1. The number of likely N-dealkylation sites (tertiary alicyclic amines) is 1. The van der Waals surface area contributed by atoms with Gasteiger partial charge in [0.1, 0.15) is 5.56 Å². The fourth-order valence-corrected chi connectivity index (χ4v) is 3.94. The van der Waals surface area contributed by atoms with Crippen molar-refractivity contribution < 1.29 is 23.6 Å². The minimum absolute atomic E-state index is 0.0482. The number of rotatable bonds is 6. The predicted octanol–water partition coefficient (Wildman–Crippen LogP) is 2.08. The van der Waals surface area contributed by atoms with Gasteiger partial charge >= 0.3 is 0 Å². The van der Waals surface area contributed by atoms with Gasteiger partial charge in [-0.25, -0.2) is 4.39 Å². The van der Waals surface area contributed by atoms with Gasteiger partial charge in [-0.3, -0.25) is 4.79 Å². The SMILES string of the molecule is COc1cc(-c2onc(N(C)C)c2C(=O)N2CCCC(O)(CN(C)C)C2)ccc1F. The lowest BCUT2D eigenvalue weighted by molar-refractivity contribution is -0.0391. The van der Waals surface area contributed by atoms with Crippen LogP contribution in [0.2, 0.25) is 0 Å². The maximum Gasteiger partial charge on any atom is 0.261 e. The molecule has 1 amide bonds. The third kappa shape index (κ3) is 4.41. The first kappa shape index (κ1) is 22.0. The van der Waals surface area contributed by atoms with E-state index in [0.29, 0.717) is 37.3 Å². The van der Waals surface area contributed by atoms with Crippen LogP contribution >= 0.6 is 0 Å². The average Bonchev–Trinajstić information content (AvgIpc) is 3.12. The van der Waals surface area contributed by atoms with Gasteiger partial charge in [-0.1, -0.05) is 5.16 Å². The van der Waals surface area contributed by atoms with Crippen molar-refractivity contribution in [1.29, 1.82) is 0 Å². The maximum absolute atomic E-state index is 13.9. The van der Waals surface area contributed by atoms with Gasteiger partial charge in [0.2, 0.25) is 0 Å². The van der Waals surface area contributed by atoms with E-state index < -0.39 is 11.4 Å². The highest BCUT2D eigenvalue weighted by Gasteiger charge is 2.38. The standard InChI is InChI=1S/C21H29FN4O4/c1-24(2)12-21(28)9-6-10-26(13-21)20(27)17-18(30-23-19(17)25(3)4)14-7-8-15(22)16(11-14)29-5/h7-8,11,28H,6,9-10,12-13H2,1-5H3. The van der Waals surface area contributed by atoms with E-state index in [1.165, 1.54) is 25.3 Å². The van der Waals surface area contributed by atoms with Crippen LogP contribution in [-0.2, 0) is 0 Å². The van der Waals surface area contributed by atoms with Gasteiger partial charge in [0.05, 0.1) is 19.3 Å². The van der Waals surface area contributed by atoms with E-state index in [9.17, 15) is 14.3 Å². The molecule has 0 radical (unpaired) electrons. The van der Waals surface area contributed by atoms with Crippen molar-refractivity contribution in [1.82, 2.24) is 15.0 Å². The van der Waals surface area contributed by atoms with Crippen molar-refractivity contribution in [3.05, 3.63) is 29.6 Å². The molecule has 0 spiro atoms. The molecule has 30 heavy (non-hydrogen) atoms. The average molecular weight is 420 g/mol. The molecule has 1 unspecified atom stereocenters. The zero-order chi connectivity index (χ0) is 22.1. The second-order valence-electron chi connectivity index (χ2n) is 8.25. The van der Waals surface area contributed by atoms with Crippen LogP contribution in [0, 0.1) is 5.82 Å². The van der Waals surface area contributed by atoms with Crippen LogP contribution in [0.3, 0.4) is 0 Å². The van der Waals surface area contributed by atoms with Crippen LogP contribution in [0.4, 0.5) is 10.2 Å². The minimum atomic E-state index is -0.980. The summed E-state index contributed by atoms with van der Waals surface area (Å²) in [5, 5.41) is 15.0. The van der Waals surface area contributed by atoms with Crippen LogP contribution < -0.4 is 9.64 Å². The second kappa shape index (κ2) is 8.61. The Balaban J connectivity index is 2.00. The molecule has 1 aliphatic rings. The number of carbonyl (C=O) groups excluding carboxylic acids is 1. The quantitative estimate of drug-likeness (QED) is 0.766. The highest BCUT2D eigenvalue weighted by atomic mass is 19.1. The Bertz CT molecular complexity index is 914. The summed E-state index contributed by atoms with van der Waals surface area (Å²) in [6.45, 7) is 1.20. The number of carbonyl (C=O) groups is 1. The van der Waals surface area contributed by atoms with Gasteiger partial charge < -0.3 is 29.1 Å². The van der Waals surface area contributed by atoms with Gasteiger partial charge in [0.15, 0.2) is 23.1 Å². The number of hydrogen-bond donors (Lipinski definition) is 1. The summed E-state index contributed by atoms with van der Waals surface area (Å²) in [7, 11) is 8.69. The van der Waals surface area contributed by atoms with Crippen molar-refractivity contribution in [3.63, 3.8) is 0 Å². The molecule has 1 aromatic carbocycles. The zero-order valence-electron chi connectivity index (χ0n) is 18.1. The largest absolute Gasteiger partial charge is 0.494 e. The number of aliphatic hydroxyl groups is 1. The molecule has 0 saturated carbocycles. The molecule has 164 valence electrons. The third-order valence-corrected chi connectivity index (χ3v) is 5.18. The highest BCUT2D eigenvalue weighted by molar-refractivity contribution is 6.04. The second-order valence-corrected chi connectivity index (χ2v) is 8.25. The molecule has 1 aromatic heterocycles. The van der Waals surface area contributed by atoms with Crippen molar-refractivity contribution in [2.75, 3.05) is 59.8 Å². The number of anilines is 1. The van der Waals surface area contributed by atoms with E-state index in [1.807, 2.05) is 19.0 Å². The van der Waals surface area contributed by atoms with Crippen LogP contribution in [0.15, 0.2) is 22.7 Å². The molecule has 8 nitrogen and oxygen atoms in total. The monoisotopic (exact) mass is 420 g/mol. The molecule has 2 heterocycles. The van der Waals surface area contributed by atoms with Crippen molar-refractivity contribution in [2.45, 2.75) is 18.4 Å². The van der Waals surface area contributed by atoms with E-state index in [4.69, 9.17) is 9.26 Å². The Labute approximate surface area is 175 Å². The van der Waals surface area contributed by atoms with Gasteiger partial charge in [-0.15, -0.1) is 0 Å². The number of halogens is 1. The van der Waals surface area contributed by atoms with Gasteiger partial charge in [-0.2, -0.15) is 0 Å². The highest BCUT2D eigenvalue weighted by Crippen LogP contribution is 2.35. The first-order valence-corrected chi connectivity index (χ1v) is 9.82. The third-order valence-electron chi connectivity index (χ3n) is 5.18. The predicted molar refractivity (Wildman–Crippen MR) is 111 cm³/mol. The van der Waals surface area contributed by atoms with Crippen molar-refractivity contribution in [2.24, 2.45) is 0 Å². The Kier molecular flexibility index (Phi) is 6.33. The first-order valence-electron chi connectivity index (χ1n) is 9.82. The van der Waals surface area contributed by atoms with Crippen LogP contribution in [-0.4, -0.2) is 86.5 Å². The van der Waals surface area contributed by atoms with E-state index in [0.717, 1.165) is 0 Å². The zero-order valence-corrected chi connectivity index (χ0v) is 18.1. The molecule has 1 N–H and O–H groups in total. The topological polar surface area (TPSA) is 82.3 Å². The molecular formula is C21H29FN4O4. The van der Waals surface area contributed by atoms with Gasteiger partial charge in [0, 0.05) is 32.7 Å². The molecule has 1 aliphatic heterocycles. The molecule has 3 rings (SSSR count). The Morgan fingerprint density at radius 3 is 2.73 bits per heavy atom. The Morgan fingerprint density at radius 1 is 1.37 bits per heavy atom. The smallest absolute Gasteiger partial charge is 0.261 e. The molecule has 1 saturated heterocycles. The lowest BCUT2D eigenvalue weighted by Crippen LogP contribution is -2.54. The number of likely N-dealkylation sites (N-methyl/N-ethyl adjacent to an activating group) is 1. The van der Waals surface area contributed by atoms with E-state index in [-0.39, 0.29) is 29.5 Å². The number of nitrogens with zero attached hydrogens (tertiary/aromatic N) is 4. The van der Waals surface area contributed by atoms with Gasteiger partial charge in [-0.05, 0) is 45.1 Å². The van der Waals surface area contributed by atoms with E-state index in [1.54, 1.807) is 23.9 Å². The molecule has 1 atom stereocenters. The number of piperidine rings is 1. The fourth-order valence-electron chi connectivity index (χ4n) is 3.94. The molecule has 9 heteroatoms. The lowest BCUT2D eigenvalue weighted by Gasteiger charge is -2.40. The molecule has 2 aromatic rings. The minimum Gasteiger partial charge on any atom is -0.494 e. The number of methoxy groups -OCH3 is 1. The summed E-state index contributed by atoms with van der Waals surface area (Å²) < 4.78 is 24.5. The fraction of sp³-hybridized carbons (Fsp3) is 0.524. The van der Waals surface area contributed by atoms with Crippen molar-refractivity contribution in [3.8, 4) is 17.1 Å². The summed E-state index contributed by atoms with van der Waals surface area (Å²) in [5.41, 5.74) is -0.216. The van der Waals surface area contributed by atoms with E-state index >= 15 is 0 Å². The Hall–Kier alpha value is -2.65. The maximum atomic E-state index is 13.9. The molecular weight excluding hydrogens is 391 g/mol. The van der Waals surface area contributed by atoms with Crippen LogP contribution in [0.1, 0.15) is 23.2 Å². The normalized spacial score (nSPS) is 19.3. The summed E-state index contributed by atoms with van der Waals surface area (Å²) in [6.07, 6.45) is 1.32. The number of hydrogen-bond acceptors (Lipinski definition) is 7. The molecule has 0 aliphatic carbocycles. The summed E-state index contributed by atoms with van der Waals surface area (Å²) >= 11 is 0. The van der Waals surface area contributed by atoms with Gasteiger partial charge in [0.25, 0.3) is 5.91 Å². The lowest BCUT2D eigenvalue weighted by atomic mass is 9.91. The number of aromatic nitrogens is 1. The van der Waals surface area contributed by atoms with Crippen LogP contribution in [0.25, 0.3) is 11.3 Å². The Morgan fingerprint density at radius 2 is 2.10 bits per heavy atom. The summed E-state index contributed by atoms with van der Waals surface area (Å²) in [5.74, 6) is -0.128. The number of β-amino-alcohol motifs (C(OH)–C–C–N with tert-alkyl or cyclic N) is 1. The molecule has 1 fully saturated rings. The number of amides is 1. The van der Waals surface area contributed by atoms with E-state index in [2.05, 4.69) is 5.16 Å². The van der Waals surface area contributed by atoms with Crippen LogP contribution in [0.5, 0.6) is 5.75 Å². The number of benzene rings is 1. The first-order chi connectivity index (χ1) is 14.1. The summed E-state index contributed by atoms with van der Waals surface area (Å²) in [6, 6.07) is 4.26. The van der Waals surface area contributed by atoms with Crippen molar-refractivity contribution >= 4 is 11.7 Å². The summed E-state index contributed by atoms with van der Waals surface area (Å²) in [4.78, 5) is 18.8. The molecule has 0 bridgehead atoms.